The molecule has 0 aliphatic carbocycles. The summed E-state index contributed by atoms with van der Waals surface area (Å²) in [4.78, 5) is 18.6. The third-order valence-corrected chi connectivity index (χ3v) is 6.16. The van der Waals surface area contributed by atoms with Crippen molar-refractivity contribution in [3.05, 3.63) is 76.6 Å². The molecule has 1 aromatic carbocycles. The van der Waals surface area contributed by atoms with Crippen LogP contribution in [0.3, 0.4) is 0 Å². The van der Waals surface area contributed by atoms with Crippen molar-refractivity contribution in [2.24, 2.45) is 5.73 Å². The van der Waals surface area contributed by atoms with Crippen LogP contribution in [-0.4, -0.2) is 42.6 Å². The summed E-state index contributed by atoms with van der Waals surface area (Å²) in [5.74, 6) is 0.320. The predicted octanol–water partition coefficient (Wildman–Crippen LogP) is 2.25. The zero-order chi connectivity index (χ0) is 21.8. The van der Waals surface area contributed by atoms with Gasteiger partial charge < -0.3 is 15.4 Å². The highest BCUT2D eigenvalue weighted by molar-refractivity contribution is 8.04. The average Bonchev–Trinajstić information content (AvgIpc) is 3.35. The number of carbonyl (C=O) groups excluding carboxylic acids is 1. The minimum Gasteiger partial charge on any atom is -0.492 e. The maximum Gasteiger partial charge on any atom is 0.256 e. The second-order valence-electron chi connectivity index (χ2n) is 6.80. The molecule has 0 saturated carbocycles. The van der Waals surface area contributed by atoms with E-state index in [0.29, 0.717) is 36.2 Å². The third kappa shape index (κ3) is 4.66. The fourth-order valence-electron chi connectivity index (χ4n) is 3.21. The van der Waals surface area contributed by atoms with Gasteiger partial charge in [0.2, 0.25) is 0 Å². The van der Waals surface area contributed by atoms with Crippen molar-refractivity contribution in [3.8, 4) is 5.75 Å². The molecule has 31 heavy (non-hydrogen) atoms. The fourth-order valence-corrected chi connectivity index (χ4v) is 4.47. The molecule has 0 saturated heterocycles. The van der Waals surface area contributed by atoms with Gasteiger partial charge in [-0.15, -0.1) is 5.10 Å². The molecule has 0 bridgehead atoms. The molecule has 0 fully saturated rings. The maximum absolute atomic E-state index is 13.0. The van der Waals surface area contributed by atoms with Crippen molar-refractivity contribution in [2.75, 3.05) is 6.61 Å². The van der Waals surface area contributed by atoms with Crippen LogP contribution in [-0.2, 0) is 17.9 Å². The van der Waals surface area contributed by atoms with E-state index in [1.54, 1.807) is 29.2 Å². The lowest BCUT2D eigenvalue weighted by atomic mass is 10.2. The van der Waals surface area contributed by atoms with E-state index in [9.17, 15) is 9.18 Å². The van der Waals surface area contributed by atoms with Crippen molar-refractivity contribution >= 4 is 17.7 Å². The van der Waals surface area contributed by atoms with Gasteiger partial charge in [-0.25, -0.2) is 9.07 Å². The monoisotopic (exact) mass is 441 g/mol. The van der Waals surface area contributed by atoms with Gasteiger partial charge in [0.15, 0.2) is 5.82 Å². The maximum atomic E-state index is 13.0. The Kier molecular flexibility index (Phi) is 6.12. The van der Waals surface area contributed by atoms with Gasteiger partial charge in [0, 0.05) is 24.6 Å². The number of thioether (sulfide) groups is 1. The summed E-state index contributed by atoms with van der Waals surface area (Å²) in [6.45, 7) is 3.05. The number of nitrogens with zero attached hydrogens (tertiary/aromatic N) is 6. The summed E-state index contributed by atoms with van der Waals surface area (Å²) in [5.41, 5.74) is 7.34. The Bertz CT molecular complexity index is 1090. The van der Waals surface area contributed by atoms with Gasteiger partial charge in [0.1, 0.15) is 23.5 Å². The van der Waals surface area contributed by atoms with Crippen LogP contribution in [0, 0.1) is 5.82 Å². The van der Waals surface area contributed by atoms with Gasteiger partial charge >= 0.3 is 0 Å². The van der Waals surface area contributed by atoms with Crippen molar-refractivity contribution in [1.29, 1.82) is 0 Å². The first-order chi connectivity index (χ1) is 15.0. The lowest BCUT2D eigenvalue weighted by molar-refractivity contribution is -0.114. The van der Waals surface area contributed by atoms with E-state index >= 15 is 0 Å². The van der Waals surface area contributed by atoms with Crippen LogP contribution in [0.5, 0.6) is 5.75 Å². The summed E-state index contributed by atoms with van der Waals surface area (Å²) in [6, 6.07) is 9.61. The van der Waals surface area contributed by atoms with Crippen LogP contribution in [0.15, 0.2) is 59.4 Å². The van der Waals surface area contributed by atoms with Crippen molar-refractivity contribution in [2.45, 2.75) is 25.4 Å². The molecule has 9 nitrogen and oxygen atoms in total. The molecule has 1 amide bonds. The highest BCUT2D eigenvalue weighted by Gasteiger charge is 2.37. The lowest BCUT2D eigenvalue weighted by Crippen LogP contribution is -2.25. The van der Waals surface area contributed by atoms with Gasteiger partial charge in [-0.3, -0.25) is 9.78 Å². The number of tetrazole rings is 1. The molecule has 0 spiro atoms. The van der Waals surface area contributed by atoms with Crippen molar-refractivity contribution in [1.82, 2.24) is 30.1 Å². The standard InChI is InChI=1S/C20H20FN7O2S/c1-13-17(18(22)29)31-20(27(13)12-14-3-2-8-23-11-14)19-24-25-26-28(19)9-10-30-16-6-4-15(21)5-7-16/h2-8,11,20H,9-10,12H2,1H3,(H2,22,29). The molecule has 11 heteroatoms. The van der Waals surface area contributed by atoms with Crippen LogP contribution in [0.25, 0.3) is 0 Å². The number of aromatic nitrogens is 5. The van der Waals surface area contributed by atoms with E-state index in [0.717, 1.165) is 11.3 Å². The number of halogens is 1. The number of nitrogens with two attached hydrogens (primary N) is 1. The van der Waals surface area contributed by atoms with Crippen LogP contribution < -0.4 is 10.5 Å². The highest BCUT2D eigenvalue weighted by Crippen LogP contribution is 2.47. The second kappa shape index (κ2) is 9.13. The molecular weight excluding hydrogens is 421 g/mol. The summed E-state index contributed by atoms with van der Waals surface area (Å²) in [7, 11) is 0. The molecule has 2 aromatic heterocycles. The number of ether oxygens (including phenoxy) is 1. The Balaban J connectivity index is 1.51. The molecular formula is C20H20FN7O2S. The number of allylic oxidation sites excluding steroid dienone is 1. The fraction of sp³-hybridized carbons (Fsp3) is 0.250. The Morgan fingerprint density at radius 2 is 2.10 bits per heavy atom. The number of primary amides is 1. The summed E-state index contributed by atoms with van der Waals surface area (Å²) in [5, 5.41) is 11.7. The number of pyridine rings is 1. The van der Waals surface area contributed by atoms with Gasteiger partial charge in [-0.05, 0) is 53.2 Å². The topological polar surface area (TPSA) is 112 Å². The number of hydrogen-bond donors (Lipinski definition) is 1. The first-order valence-corrected chi connectivity index (χ1v) is 10.4. The molecule has 160 valence electrons. The molecule has 2 N–H and O–H groups in total. The zero-order valence-corrected chi connectivity index (χ0v) is 17.5. The van der Waals surface area contributed by atoms with Gasteiger partial charge in [0.25, 0.3) is 5.91 Å². The largest absolute Gasteiger partial charge is 0.492 e. The van der Waals surface area contributed by atoms with Gasteiger partial charge in [-0.2, -0.15) is 0 Å². The minimum atomic E-state index is -0.486. The number of amides is 1. The van der Waals surface area contributed by atoms with Gasteiger partial charge in [-0.1, -0.05) is 17.8 Å². The third-order valence-electron chi connectivity index (χ3n) is 4.74. The van der Waals surface area contributed by atoms with Crippen LogP contribution in [0.2, 0.25) is 0 Å². The van der Waals surface area contributed by atoms with E-state index in [4.69, 9.17) is 10.5 Å². The van der Waals surface area contributed by atoms with Crippen LogP contribution in [0.4, 0.5) is 4.39 Å². The lowest BCUT2D eigenvalue weighted by Gasteiger charge is -2.26. The first-order valence-electron chi connectivity index (χ1n) is 9.50. The SMILES string of the molecule is CC1=C(C(N)=O)SC(c2nnnn2CCOc2ccc(F)cc2)N1Cc1cccnc1. The smallest absolute Gasteiger partial charge is 0.256 e. The van der Waals surface area contributed by atoms with Crippen molar-refractivity contribution < 1.29 is 13.9 Å². The molecule has 0 radical (unpaired) electrons. The quantitative estimate of drug-likeness (QED) is 0.567. The first kappa shape index (κ1) is 20.8. The minimum absolute atomic E-state index is 0.290. The number of hydrogen-bond acceptors (Lipinski definition) is 8. The predicted molar refractivity (Wildman–Crippen MR) is 112 cm³/mol. The van der Waals surface area contributed by atoms with E-state index < -0.39 is 5.91 Å². The Labute approximate surface area is 182 Å². The average molecular weight is 441 g/mol. The van der Waals surface area contributed by atoms with E-state index in [-0.39, 0.29) is 11.2 Å². The molecule has 1 unspecified atom stereocenters. The van der Waals surface area contributed by atoms with Crippen LogP contribution >= 0.6 is 11.8 Å². The molecule has 1 aliphatic rings. The van der Waals surface area contributed by atoms with E-state index in [1.165, 1.54) is 23.9 Å². The van der Waals surface area contributed by atoms with Crippen LogP contribution in [0.1, 0.15) is 23.7 Å². The summed E-state index contributed by atoms with van der Waals surface area (Å²) < 4.78 is 20.3. The van der Waals surface area contributed by atoms with Gasteiger partial charge in [0.05, 0.1) is 11.4 Å². The van der Waals surface area contributed by atoms with E-state index in [1.807, 2.05) is 24.0 Å². The molecule has 4 rings (SSSR count). The number of carbonyl (C=O) groups is 1. The normalized spacial score (nSPS) is 16.1. The summed E-state index contributed by atoms with van der Waals surface area (Å²) in [6.07, 6.45) is 3.48. The highest BCUT2D eigenvalue weighted by atomic mass is 32.2. The molecule has 1 aliphatic heterocycles. The Hall–Kier alpha value is -3.47. The number of rotatable bonds is 8. The Morgan fingerprint density at radius 1 is 1.29 bits per heavy atom. The van der Waals surface area contributed by atoms with Crippen molar-refractivity contribution in [3.63, 3.8) is 0 Å². The molecule has 1 atom stereocenters. The molecule has 3 aromatic rings. The molecule has 3 heterocycles. The Morgan fingerprint density at radius 3 is 2.81 bits per heavy atom. The second-order valence-corrected chi connectivity index (χ2v) is 7.89. The van der Waals surface area contributed by atoms with E-state index in [2.05, 4.69) is 20.5 Å². The number of benzene rings is 1. The zero-order valence-electron chi connectivity index (χ0n) is 16.7. The summed E-state index contributed by atoms with van der Waals surface area (Å²) >= 11 is 1.32.